The van der Waals surface area contributed by atoms with E-state index < -0.39 is 34.6 Å². The number of hydrogen-bond acceptors (Lipinski definition) is 9. The van der Waals surface area contributed by atoms with Crippen molar-refractivity contribution in [1.29, 1.82) is 0 Å². The molecule has 1 saturated heterocycles. The number of pyridine rings is 1. The van der Waals surface area contributed by atoms with Gasteiger partial charge in [0.25, 0.3) is 11.8 Å². The SMILES string of the molecule is CC(NC(=O)c1cc(N2CCC(CO)CC2)ncn1)c1ncc(C(=O)Nc2cc(C(F)(F)F)c(Cl)cn2)s1. The largest absolute Gasteiger partial charge is 0.418 e. The lowest BCUT2D eigenvalue weighted by atomic mass is 9.98. The molecule has 0 saturated carbocycles. The zero-order valence-corrected chi connectivity index (χ0v) is 21.6. The highest BCUT2D eigenvalue weighted by Crippen LogP contribution is 2.35. The normalized spacial score (nSPS) is 15.3. The van der Waals surface area contributed by atoms with Crippen LogP contribution in [-0.2, 0) is 6.18 Å². The second-order valence-corrected chi connectivity index (χ2v) is 10.1. The van der Waals surface area contributed by atoms with Gasteiger partial charge in [-0.25, -0.2) is 19.9 Å². The quantitative estimate of drug-likeness (QED) is 0.389. The summed E-state index contributed by atoms with van der Waals surface area (Å²) in [5, 5.41) is 14.2. The molecule has 1 unspecified atom stereocenters. The van der Waals surface area contributed by atoms with Gasteiger partial charge in [-0.2, -0.15) is 13.2 Å². The van der Waals surface area contributed by atoms with Gasteiger partial charge in [-0.05, 0) is 31.7 Å². The molecule has 4 rings (SSSR count). The summed E-state index contributed by atoms with van der Waals surface area (Å²) in [6.45, 7) is 3.26. The minimum absolute atomic E-state index is 0.113. The Bertz CT molecular complexity index is 1320. The Balaban J connectivity index is 1.38. The summed E-state index contributed by atoms with van der Waals surface area (Å²) in [6.07, 6.45) is 0.343. The van der Waals surface area contributed by atoms with Gasteiger partial charge in [-0.15, -0.1) is 11.3 Å². The minimum Gasteiger partial charge on any atom is -0.396 e. The molecule has 0 aliphatic carbocycles. The molecule has 0 aromatic carbocycles. The average Bonchev–Trinajstić information content (AvgIpc) is 3.40. The van der Waals surface area contributed by atoms with Crippen LogP contribution in [-0.4, -0.2) is 56.6 Å². The summed E-state index contributed by atoms with van der Waals surface area (Å²) in [4.78, 5) is 43.7. The van der Waals surface area contributed by atoms with Gasteiger partial charge in [0.05, 0.1) is 22.8 Å². The number of carbonyl (C=O) groups is 2. The van der Waals surface area contributed by atoms with Crippen LogP contribution in [0.5, 0.6) is 0 Å². The predicted molar refractivity (Wildman–Crippen MR) is 134 cm³/mol. The molecule has 1 atom stereocenters. The highest BCUT2D eigenvalue weighted by molar-refractivity contribution is 7.13. The van der Waals surface area contributed by atoms with Gasteiger partial charge < -0.3 is 20.6 Å². The lowest BCUT2D eigenvalue weighted by molar-refractivity contribution is -0.137. The first-order chi connectivity index (χ1) is 18.0. The van der Waals surface area contributed by atoms with Gasteiger partial charge in [-0.1, -0.05) is 11.6 Å². The Morgan fingerprint density at radius 1 is 1.16 bits per heavy atom. The number of anilines is 2. The number of alkyl halides is 3. The van der Waals surface area contributed by atoms with Gasteiger partial charge in [0.2, 0.25) is 0 Å². The molecule has 38 heavy (non-hydrogen) atoms. The van der Waals surface area contributed by atoms with Crippen molar-refractivity contribution in [3.05, 3.63) is 57.0 Å². The first-order valence-corrected chi connectivity index (χ1v) is 12.7. The molecular formula is C23H23ClF3N7O3S. The van der Waals surface area contributed by atoms with Crippen molar-refractivity contribution in [2.24, 2.45) is 5.92 Å². The Kier molecular flexibility index (Phi) is 8.43. The van der Waals surface area contributed by atoms with Crippen molar-refractivity contribution >= 4 is 46.4 Å². The Morgan fingerprint density at radius 2 is 1.89 bits per heavy atom. The minimum atomic E-state index is -4.70. The van der Waals surface area contributed by atoms with Gasteiger partial charge in [0.1, 0.15) is 33.5 Å². The molecule has 2 amide bonds. The summed E-state index contributed by atoms with van der Waals surface area (Å²) >= 11 is 6.53. The maximum atomic E-state index is 13.1. The van der Waals surface area contributed by atoms with E-state index >= 15 is 0 Å². The van der Waals surface area contributed by atoms with Gasteiger partial charge in [-0.3, -0.25) is 9.59 Å². The molecule has 3 N–H and O–H groups in total. The molecule has 202 valence electrons. The predicted octanol–water partition coefficient (Wildman–Crippen LogP) is 3.95. The van der Waals surface area contributed by atoms with E-state index in [2.05, 4.69) is 30.6 Å². The summed E-state index contributed by atoms with van der Waals surface area (Å²) in [6, 6.07) is 1.66. The maximum absolute atomic E-state index is 13.1. The van der Waals surface area contributed by atoms with Crippen molar-refractivity contribution in [3.8, 4) is 0 Å². The van der Waals surface area contributed by atoms with Crippen LogP contribution in [0.3, 0.4) is 0 Å². The smallest absolute Gasteiger partial charge is 0.396 e. The molecule has 4 heterocycles. The van der Waals surface area contributed by atoms with E-state index in [1.165, 1.54) is 12.5 Å². The molecule has 10 nitrogen and oxygen atoms in total. The zero-order chi connectivity index (χ0) is 27.4. The Morgan fingerprint density at radius 3 is 2.58 bits per heavy atom. The molecule has 1 aliphatic rings. The zero-order valence-electron chi connectivity index (χ0n) is 20.0. The number of rotatable bonds is 7. The molecule has 1 fully saturated rings. The number of amides is 2. The van der Waals surface area contributed by atoms with E-state index in [1.54, 1.807) is 13.0 Å². The highest BCUT2D eigenvalue weighted by Gasteiger charge is 2.34. The van der Waals surface area contributed by atoms with Crippen LogP contribution in [0.15, 0.2) is 30.9 Å². The van der Waals surface area contributed by atoms with Crippen molar-refractivity contribution < 1.29 is 27.9 Å². The molecule has 0 bridgehead atoms. The third-order valence-corrected chi connectivity index (χ3v) is 7.43. The number of nitrogens with one attached hydrogen (secondary N) is 2. The number of aliphatic hydroxyl groups is 1. The second kappa shape index (κ2) is 11.6. The van der Waals surface area contributed by atoms with Crippen LogP contribution in [0.2, 0.25) is 5.02 Å². The van der Waals surface area contributed by atoms with Crippen LogP contribution >= 0.6 is 22.9 Å². The van der Waals surface area contributed by atoms with Crippen LogP contribution < -0.4 is 15.5 Å². The number of piperidine rings is 1. The average molecular weight is 570 g/mol. The molecule has 3 aromatic heterocycles. The standard InChI is InChI=1S/C23H23ClF3N7O3S/c1-12(32-20(36)16-7-19(31-11-30-16)34-4-2-13(10-35)3-5-34)22-29-9-17(38-22)21(37)33-18-6-14(23(25,26)27)15(24)8-28-18/h6-9,11-13,35H,2-5,10H2,1H3,(H,32,36)(H,28,33,37). The highest BCUT2D eigenvalue weighted by atomic mass is 35.5. The van der Waals surface area contributed by atoms with Gasteiger partial charge in [0.15, 0.2) is 0 Å². The van der Waals surface area contributed by atoms with Gasteiger partial charge in [0, 0.05) is 32.0 Å². The molecule has 1 aliphatic heterocycles. The topological polar surface area (TPSA) is 133 Å². The first-order valence-electron chi connectivity index (χ1n) is 11.5. The van der Waals surface area contributed by atoms with E-state index in [9.17, 15) is 27.9 Å². The Labute approximate surface area is 224 Å². The van der Waals surface area contributed by atoms with E-state index in [-0.39, 0.29) is 28.9 Å². The summed E-state index contributed by atoms with van der Waals surface area (Å²) in [5.41, 5.74) is -0.955. The molecular weight excluding hydrogens is 547 g/mol. The number of hydrogen-bond donors (Lipinski definition) is 3. The molecule has 0 spiro atoms. The Hall–Kier alpha value is -3.36. The van der Waals surface area contributed by atoms with Crippen LogP contribution in [0.4, 0.5) is 24.8 Å². The van der Waals surface area contributed by atoms with E-state index in [0.29, 0.717) is 30.0 Å². The number of halogens is 4. The summed E-state index contributed by atoms with van der Waals surface area (Å²) in [5.74, 6) is -0.602. The lowest BCUT2D eigenvalue weighted by Crippen LogP contribution is -2.35. The maximum Gasteiger partial charge on any atom is 0.418 e. The van der Waals surface area contributed by atoms with Crippen LogP contribution in [0.25, 0.3) is 0 Å². The number of aliphatic hydroxyl groups excluding tert-OH is 1. The molecule has 15 heteroatoms. The monoisotopic (exact) mass is 569 g/mol. The van der Waals surface area contributed by atoms with Gasteiger partial charge >= 0.3 is 6.18 Å². The summed E-state index contributed by atoms with van der Waals surface area (Å²) in [7, 11) is 0. The van der Waals surface area contributed by atoms with Crippen LogP contribution in [0.1, 0.15) is 56.5 Å². The third-order valence-electron chi connectivity index (χ3n) is 5.95. The van der Waals surface area contributed by atoms with E-state index in [1.807, 2.05) is 4.90 Å². The lowest BCUT2D eigenvalue weighted by Gasteiger charge is -2.31. The number of aromatic nitrogens is 4. The molecule has 3 aromatic rings. The van der Waals surface area contributed by atoms with Crippen molar-refractivity contribution in [2.45, 2.75) is 32.0 Å². The van der Waals surface area contributed by atoms with Crippen molar-refractivity contribution in [3.63, 3.8) is 0 Å². The summed E-state index contributed by atoms with van der Waals surface area (Å²) < 4.78 is 39.2. The second-order valence-electron chi connectivity index (χ2n) is 8.63. The molecule has 0 radical (unpaired) electrons. The van der Waals surface area contributed by atoms with E-state index in [4.69, 9.17) is 11.6 Å². The number of nitrogens with zero attached hydrogens (tertiary/aromatic N) is 5. The van der Waals surface area contributed by atoms with Crippen molar-refractivity contribution in [2.75, 3.05) is 29.9 Å². The third kappa shape index (κ3) is 6.55. The van der Waals surface area contributed by atoms with Crippen LogP contribution in [0, 0.1) is 5.92 Å². The fourth-order valence-electron chi connectivity index (χ4n) is 3.82. The van der Waals surface area contributed by atoms with E-state index in [0.717, 1.165) is 30.4 Å². The number of carbonyl (C=O) groups excluding carboxylic acids is 2. The fourth-order valence-corrected chi connectivity index (χ4v) is 4.84. The number of thiazole rings is 1. The fraction of sp³-hybridized carbons (Fsp3) is 0.391. The first kappa shape index (κ1) is 27.7. The van der Waals surface area contributed by atoms with Crippen molar-refractivity contribution in [1.82, 2.24) is 25.3 Å².